The van der Waals surface area contributed by atoms with E-state index in [2.05, 4.69) is 20.6 Å². The summed E-state index contributed by atoms with van der Waals surface area (Å²) in [5, 5.41) is 26.6. The molecule has 11 nitrogen and oxygen atoms in total. The molecule has 0 saturated carbocycles. The summed E-state index contributed by atoms with van der Waals surface area (Å²) in [5.41, 5.74) is 9.06. The number of carbonyl (C=O) groups excluding carboxylic acids is 2. The van der Waals surface area contributed by atoms with E-state index in [-0.39, 0.29) is 30.8 Å². The number of ether oxygens (including phenoxy) is 1. The van der Waals surface area contributed by atoms with Crippen molar-refractivity contribution in [3.05, 3.63) is 66.1 Å². The number of carbonyl (C=O) groups is 2. The van der Waals surface area contributed by atoms with Crippen molar-refractivity contribution in [3.63, 3.8) is 0 Å². The van der Waals surface area contributed by atoms with Crippen LogP contribution in [-0.4, -0.2) is 72.4 Å². The normalized spacial score (nSPS) is 20.5. The zero-order valence-electron chi connectivity index (χ0n) is 22.6. The topological polar surface area (TPSA) is 148 Å². The van der Waals surface area contributed by atoms with Crippen molar-refractivity contribution >= 4 is 28.4 Å². The lowest BCUT2D eigenvalue weighted by atomic mass is 10.0. The molecule has 2 amide bonds. The van der Waals surface area contributed by atoms with Gasteiger partial charge in [-0.2, -0.15) is 15.3 Å². The summed E-state index contributed by atoms with van der Waals surface area (Å²) in [7, 11) is 0. The highest BCUT2D eigenvalue weighted by Gasteiger charge is 2.41. The molecule has 6 rings (SSSR count). The third-order valence-corrected chi connectivity index (χ3v) is 7.55. The van der Waals surface area contributed by atoms with Gasteiger partial charge in [0.1, 0.15) is 23.8 Å². The average molecular weight is 560 g/mol. The number of alkyl halides is 1. The van der Waals surface area contributed by atoms with E-state index in [9.17, 15) is 19.1 Å². The van der Waals surface area contributed by atoms with Gasteiger partial charge in [0, 0.05) is 42.1 Å². The number of amides is 2. The molecule has 2 aromatic carbocycles. The maximum absolute atomic E-state index is 14.6. The van der Waals surface area contributed by atoms with Crippen molar-refractivity contribution in [1.82, 2.24) is 24.9 Å². The first-order valence-electron chi connectivity index (χ1n) is 13.4. The van der Waals surface area contributed by atoms with Crippen LogP contribution in [0.25, 0.3) is 22.0 Å². The van der Waals surface area contributed by atoms with Crippen LogP contribution >= 0.6 is 0 Å². The molecule has 2 aliphatic heterocycles. The van der Waals surface area contributed by atoms with Crippen LogP contribution in [0.4, 0.5) is 10.1 Å². The van der Waals surface area contributed by atoms with Gasteiger partial charge in [0.05, 0.1) is 30.5 Å². The Morgan fingerprint density at radius 2 is 2.02 bits per heavy atom. The summed E-state index contributed by atoms with van der Waals surface area (Å²) in [5.74, 6) is -0.448. The van der Waals surface area contributed by atoms with E-state index < -0.39 is 30.3 Å². The fourth-order valence-electron chi connectivity index (χ4n) is 5.69. The molecular formula is C29H30FN7O4. The third-order valence-electron chi connectivity index (χ3n) is 7.55. The SMILES string of the molecule is CC1(C)Cc2ccc(NC(=O)C3CC(F)CN3C(O)Cn3nc(C(N)=O)c4cc(-c5ccnnc5)ccc43)cc2O1. The first-order valence-corrected chi connectivity index (χ1v) is 13.4. The van der Waals surface area contributed by atoms with Crippen LogP contribution in [0.2, 0.25) is 0 Å². The van der Waals surface area contributed by atoms with Crippen LogP contribution in [0.15, 0.2) is 54.9 Å². The summed E-state index contributed by atoms with van der Waals surface area (Å²) < 4.78 is 22.0. The van der Waals surface area contributed by atoms with Crippen molar-refractivity contribution in [1.29, 1.82) is 0 Å². The largest absolute Gasteiger partial charge is 0.487 e. The van der Waals surface area contributed by atoms with Gasteiger partial charge in [-0.05, 0) is 49.2 Å². The van der Waals surface area contributed by atoms with Crippen molar-refractivity contribution < 1.29 is 23.8 Å². The lowest BCUT2D eigenvalue weighted by molar-refractivity contribution is -0.124. The Hall–Kier alpha value is -4.42. The molecule has 12 heteroatoms. The molecule has 0 bridgehead atoms. The monoisotopic (exact) mass is 559 g/mol. The summed E-state index contributed by atoms with van der Waals surface area (Å²) >= 11 is 0. The lowest BCUT2D eigenvalue weighted by Crippen LogP contribution is -2.47. The van der Waals surface area contributed by atoms with Gasteiger partial charge in [0.15, 0.2) is 5.69 Å². The van der Waals surface area contributed by atoms with E-state index in [1.54, 1.807) is 42.7 Å². The number of fused-ring (bicyclic) bond motifs is 2. The van der Waals surface area contributed by atoms with Crippen LogP contribution in [0.1, 0.15) is 36.3 Å². The Labute approximate surface area is 235 Å². The van der Waals surface area contributed by atoms with Gasteiger partial charge < -0.3 is 20.9 Å². The average Bonchev–Trinajstić information content (AvgIpc) is 3.60. The van der Waals surface area contributed by atoms with Crippen LogP contribution in [-0.2, 0) is 17.8 Å². The molecule has 0 radical (unpaired) electrons. The molecule has 41 heavy (non-hydrogen) atoms. The molecule has 2 aliphatic rings. The number of anilines is 1. The van der Waals surface area contributed by atoms with Crippen LogP contribution in [0, 0.1) is 0 Å². The van der Waals surface area contributed by atoms with Gasteiger partial charge in [0.25, 0.3) is 5.91 Å². The number of hydrogen-bond donors (Lipinski definition) is 3. The first-order chi connectivity index (χ1) is 19.6. The quantitative estimate of drug-likeness (QED) is 0.313. The van der Waals surface area contributed by atoms with Gasteiger partial charge in [-0.1, -0.05) is 12.1 Å². The molecule has 4 heterocycles. The van der Waals surface area contributed by atoms with E-state index in [0.717, 1.165) is 23.1 Å². The molecule has 4 aromatic rings. The molecular weight excluding hydrogens is 529 g/mol. The Balaban J connectivity index is 1.22. The highest BCUT2D eigenvalue weighted by atomic mass is 19.1. The summed E-state index contributed by atoms with van der Waals surface area (Å²) in [6, 6.07) is 11.7. The highest BCUT2D eigenvalue weighted by Crippen LogP contribution is 2.37. The van der Waals surface area contributed by atoms with Crippen LogP contribution in [0.3, 0.4) is 0 Å². The number of rotatable bonds is 7. The first kappa shape index (κ1) is 26.8. The van der Waals surface area contributed by atoms with Gasteiger partial charge in [0.2, 0.25) is 5.91 Å². The number of aliphatic hydroxyl groups is 1. The number of aromatic nitrogens is 4. The number of primary amides is 1. The molecule has 1 saturated heterocycles. The number of benzene rings is 2. The second-order valence-corrected chi connectivity index (χ2v) is 11.1. The molecule has 212 valence electrons. The second-order valence-electron chi connectivity index (χ2n) is 11.1. The number of nitrogens with one attached hydrogen (secondary N) is 1. The standard InChI is InChI=1S/C29H30FN7O4/c1-29(2)12-17-3-5-20(11-24(17)41-29)34-28(40)23-10-19(30)14-36(23)25(38)15-37-22-6-4-16(18-7-8-32-33-13-18)9-21(22)26(35-37)27(31)39/h3-9,11,13,19,23,25,38H,10,12,14-15H2,1-2H3,(H2,31,39)(H,34,40). The predicted molar refractivity (Wildman–Crippen MR) is 149 cm³/mol. The number of aliphatic hydroxyl groups excluding tert-OH is 1. The van der Waals surface area contributed by atoms with E-state index in [0.29, 0.717) is 22.3 Å². The van der Waals surface area contributed by atoms with Crippen molar-refractivity contribution in [3.8, 4) is 16.9 Å². The second kappa shape index (κ2) is 10.2. The Morgan fingerprint density at radius 1 is 1.20 bits per heavy atom. The van der Waals surface area contributed by atoms with Crippen LogP contribution < -0.4 is 15.8 Å². The minimum absolute atomic E-state index is 0.0390. The van der Waals surface area contributed by atoms with Gasteiger partial charge in [-0.15, -0.1) is 0 Å². The van der Waals surface area contributed by atoms with Crippen molar-refractivity contribution in [2.75, 3.05) is 11.9 Å². The van der Waals surface area contributed by atoms with Crippen molar-refractivity contribution in [2.45, 2.75) is 57.3 Å². The Kier molecular flexibility index (Phi) is 6.66. The number of hydrogen-bond acceptors (Lipinski definition) is 8. The summed E-state index contributed by atoms with van der Waals surface area (Å²) in [6.45, 7) is 3.76. The zero-order valence-corrected chi connectivity index (χ0v) is 22.6. The minimum Gasteiger partial charge on any atom is -0.487 e. The maximum atomic E-state index is 14.6. The summed E-state index contributed by atoms with van der Waals surface area (Å²) in [4.78, 5) is 26.9. The highest BCUT2D eigenvalue weighted by molar-refractivity contribution is 6.05. The number of nitrogens with two attached hydrogens (primary N) is 1. The summed E-state index contributed by atoms with van der Waals surface area (Å²) in [6.07, 6.45) is 1.31. The van der Waals surface area contributed by atoms with E-state index >= 15 is 0 Å². The van der Waals surface area contributed by atoms with E-state index in [1.807, 2.05) is 26.0 Å². The van der Waals surface area contributed by atoms with Gasteiger partial charge >= 0.3 is 0 Å². The Morgan fingerprint density at radius 3 is 2.78 bits per heavy atom. The molecule has 0 spiro atoms. The number of nitrogens with zero attached hydrogens (tertiary/aromatic N) is 5. The Bertz CT molecular complexity index is 1640. The maximum Gasteiger partial charge on any atom is 0.269 e. The van der Waals surface area contributed by atoms with Gasteiger partial charge in [-0.25, -0.2) is 4.39 Å². The van der Waals surface area contributed by atoms with E-state index in [1.165, 1.54) is 9.58 Å². The van der Waals surface area contributed by atoms with Crippen molar-refractivity contribution in [2.24, 2.45) is 5.73 Å². The fraction of sp³-hybridized carbons (Fsp3) is 0.345. The van der Waals surface area contributed by atoms with E-state index in [4.69, 9.17) is 10.5 Å². The zero-order chi connectivity index (χ0) is 28.9. The molecule has 0 aliphatic carbocycles. The minimum atomic E-state index is -1.29. The molecule has 3 atom stereocenters. The molecule has 2 aromatic heterocycles. The number of likely N-dealkylation sites (tertiary alicyclic amines) is 1. The third kappa shape index (κ3) is 5.23. The molecule has 3 unspecified atom stereocenters. The predicted octanol–water partition coefficient (Wildman–Crippen LogP) is 2.68. The van der Waals surface area contributed by atoms with Gasteiger partial charge in [-0.3, -0.25) is 19.2 Å². The van der Waals surface area contributed by atoms with Crippen LogP contribution in [0.5, 0.6) is 5.75 Å². The number of halogens is 1. The molecule has 4 N–H and O–H groups in total. The smallest absolute Gasteiger partial charge is 0.269 e. The fourth-order valence-corrected chi connectivity index (χ4v) is 5.69. The molecule has 1 fully saturated rings. The lowest BCUT2D eigenvalue weighted by Gasteiger charge is -2.28.